The van der Waals surface area contributed by atoms with E-state index in [1.807, 2.05) is 6.07 Å². The molecule has 1 aromatic carbocycles. The molecule has 1 heterocycles. The van der Waals surface area contributed by atoms with E-state index in [1.165, 1.54) is 0 Å². The maximum Gasteiger partial charge on any atom is 0.146 e. The van der Waals surface area contributed by atoms with Crippen LogP contribution in [0.5, 0.6) is 0 Å². The van der Waals surface area contributed by atoms with Crippen molar-refractivity contribution in [2.24, 2.45) is 5.92 Å². The smallest absolute Gasteiger partial charge is 0.146 e. The van der Waals surface area contributed by atoms with Gasteiger partial charge in [-0.3, -0.25) is 0 Å². The summed E-state index contributed by atoms with van der Waals surface area (Å²) in [7, 11) is 1.74. The number of rotatable bonds is 5. The van der Waals surface area contributed by atoms with Crippen LogP contribution in [0.25, 0.3) is 0 Å². The van der Waals surface area contributed by atoms with Crippen molar-refractivity contribution in [3.8, 4) is 0 Å². The van der Waals surface area contributed by atoms with Gasteiger partial charge in [0.2, 0.25) is 0 Å². The van der Waals surface area contributed by atoms with Crippen LogP contribution < -0.4 is 10.2 Å². The van der Waals surface area contributed by atoms with Crippen molar-refractivity contribution in [2.45, 2.75) is 32.9 Å². The van der Waals surface area contributed by atoms with Crippen LogP contribution in [-0.2, 0) is 11.3 Å². The van der Waals surface area contributed by atoms with Crippen molar-refractivity contribution in [2.75, 3.05) is 31.6 Å². The minimum atomic E-state index is -0.134. The first kappa shape index (κ1) is 15.3. The molecule has 1 saturated heterocycles. The number of anilines is 1. The summed E-state index contributed by atoms with van der Waals surface area (Å²) in [6.45, 7) is 7.49. The van der Waals surface area contributed by atoms with Gasteiger partial charge in [0.15, 0.2) is 0 Å². The predicted molar refractivity (Wildman–Crippen MR) is 80.6 cm³/mol. The molecule has 2 rings (SSSR count). The topological polar surface area (TPSA) is 24.5 Å². The second-order valence-corrected chi connectivity index (χ2v) is 5.51. The number of hydrogen-bond acceptors (Lipinski definition) is 3. The standard InChI is InChI=1S/C16H25FN2O/c1-4-18-10-13-6-5-7-14(17)16(13)19-9-8-12(2)15(11-19)20-3/h5-7,12,15,18H,4,8-11H2,1-3H3. The fourth-order valence-electron chi connectivity index (χ4n) is 2.86. The Bertz CT molecular complexity index is 438. The largest absolute Gasteiger partial charge is 0.379 e. The summed E-state index contributed by atoms with van der Waals surface area (Å²) >= 11 is 0. The van der Waals surface area contributed by atoms with Crippen LogP contribution in [-0.4, -0.2) is 32.8 Å². The summed E-state index contributed by atoms with van der Waals surface area (Å²) in [5, 5.41) is 3.28. The number of halogens is 1. The SMILES string of the molecule is CCNCc1cccc(F)c1N1CCC(C)C(OC)C1. The third kappa shape index (κ3) is 3.30. The average molecular weight is 280 g/mol. The molecule has 1 N–H and O–H groups in total. The minimum Gasteiger partial charge on any atom is -0.379 e. The van der Waals surface area contributed by atoms with Gasteiger partial charge in [-0.05, 0) is 30.5 Å². The molecular weight excluding hydrogens is 255 g/mol. The molecule has 1 fully saturated rings. The Hall–Kier alpha value is -1.13. The molecule has 0 bridgehead atoms. The molecule has 1 aliphatic rings. The van der Waals surface area contributed by atoms with E-state index in [-0.39, 0.29) is 11.9 Å². The first-order valence-corrected chi connectivity index (χ1v) is 7.43. The van der Waals surface area contributed by atoms with Crippen LogP contribution in [0.3, 0.4) is 0 Å². The molecule has 1 aliphatic heterocycles. The summed E-state index contributed by atoms with van der Waals surface area (Å²) in [6.07, 6.45) is 1.21. The number of hydrogen-bond donors (Lipinski definition) is 1. The lowest BCUT2D eigenvalue weighted by molar-refractivity contribution is 0.0496. The zero-order valence-corrected chi connectivity index (χ0v) is 12.7. The minimum absolute atomic E-state index is 0.134. The lowest BCUT2D eigenvalue weighted by atomic mass is 9.94. The van der Waals surface area contributed by atoms with E-state index in [0.29, 0.717) is 12.5 Å². The molecule has 0 aromatic heterocycles. The van der Waals surface area contributed by atoms with E-state index in [2.05, 4.69) is 24.1 Å². The Morgan fingerprint density at radius 1 is 1.45 bits per heavy atom. The highest BCUT2D eigenvalue weighted by Crippen LogP contribution is 2.30. The maximum absolute atomic E-state index is 14.3. The fourth-order valence-corrected chi connectivity index (χ4v) is 2.86. The Morgan fingerprint density at radius 3 is 2.95 bits per heavy atom. The van der Waals surface area contributed by atoms with Crippen LogP contribution in [0.15, 0.2) is 18.2 Å². The van der Waals surface area contributed by atoms with Crippen molar-refractivity contribution in [3.63, 3.8) is 0 Å². The van der Waals surface area contributed by atoms with Gasteiger partial charge < -0.3 is 15.0 Å². The molecule has 2 unspecified atom stereocenters. The second-order valence-electron chi connectivity index (χ2n) is 5.51. The van der Waals surface area contributed by atoms with Crippen molar-refractivity contribution in [3.05, 3.63) is 29.6 Å². The number of nitrogens with zero attached hydrogens (tertiary/aromatic N) is 1. The third-order valence-corrected chi connectivity index (χ3v) is 4.14. The van der Waals surface area contributed by atoms with E-state index in [4.69, 9.17) is 4.74 Å². The van der Waals surface area contributed by atoms with Gasteiger partial charge in [0.05, 0.1) is 11.8 Å². The Labute approximate surface area is 121 Å². The normalized spacial score (nSPS) is 23.1. The number of piperidine rings is 1. The quantitative estimate of drug-likeness (QED) is 0.897. The Balaban J connectivity index is 2.22. The first-order chi connectivity index (χ1) is 9.67. The number of para-hydroxylation sites is 1. The van der Waals surface area contributed by atoms with Gasteiger partial charge in [0.25, 0.3) is 0 Å². The molecule has 1 aromatic rings. The molecule has 0 aliphatic carbocycles. The summed E-state index contributed by atoms with van der Waals surface area (Å²) in [4.78, 5) is 2.14. The summed E-state index contributed by atoms with van der Waals surface area (Å²) in [5.74, 6) is 0.394. The van der Waals surface area contributed by atoms with Crippen molar-refractivity contribution in [1.82, 2.24) is 5.32 Å². The zero-order valence-electron chi connectivity index (χ0n) is 12.7. The molecule has 3 nitrogen and oxygen atoms in total. The maximum atomic E-state index is 14.3. The van der Waals surface area contributed by atoms with Crippen LogP contribution in [0, 0.1) is 11.7 Å². The molecule has 4 heteroatoms. The predicted octanol–water partition coefficient (Wildman–Crippen LogP) is 2.80. The van der Waals surface area contributed by atoms with Gasteiger partial charge in [0, 0.05) is 26.7 Å². The van der Waals surface area contributed by atoms with Crippen molar-refractivity contribution >= 4 is 5.69 Å². The molecule has 0 saturated carbocycles. The van der Waals surface area contributed by atoms with Crippen LogP contribution in [0.4, 0.5) is 10.1 Å². The van der Waals surface area contributed by atoms with Crippen LogP contribution in [0.2, 0.25) is 0 Å². The van der Waals surface area contributed by atoms with E-state index in [1.54, 1.807) is 19.2 Å². The molecule has 0 amide bonds. The fraction of sp³-hybridized carbons (Fsp3) is 0.625. The summed E-state index contributed by atoms with van der Waals surface area (Å²) in [5.41, 5.74) is 1.76. The number of nitrogens with one attached hydrogen (secondary N) is 1. The highest BCUT2D eigenvalue weighted by molar-refractivity contribution is 5.55. The molecule has 20 heavy (non-hydrogen) atoms. The summed E-state index contributed by atoms with van der Waals surface area (Å²) in [6, 6.07) is 5.33. The van der Waals surface area contributed by atoms with Crippen molar-refractivity contribution in [1.29, 1.82) is 0 Å². The average Bonchev–Trinajstić information content (AvgIpc) is 2.46. The lowest BCUT2D eigenvalue weighted by Gasteiger charge is -2.38. The van der Waals surface area contributed by atoms with Crippen molar-refractivity contribution < 1.29 is 9.13 Å². The van der Waals surface area contributed by atoms with E-state index in [0.717, 1.165) is 37.3 Å². The van der Waals surface area contributed by atoms with Gasteiger partial charge in [-0.15, -0.1) is 0 Å². The van der Waals surface area contributed by atoms with Gasteiger partial charge >= 0.3 is 0 Å². The molecule has 0 radical (unpaired) electrons. The molecular formula is C16H25FN2O. The Kier molecular flexibility index (Phi) is 5.38. The Morgan fingerprint density at radius 2 is 2.25 bits per heavy atom. The van der Waals surface area contributed by atoms with Gasteiger partial charge in [-0.25, -0.2) is 4.39 Å². The molecule has 2 atom stereocenters. The highest BCUT2D eigenvalue weighted by atomic mass is 19.1. The number of ether oxygens (including phenoxy) is 1. The number of benzene rings is 1. The second kappa shape index (κ2) is 7.04. The van der Waals surface area contributed by atoms with E-state index in [9.17, 15) is 4.39 Å². The third-order valence-electron chi connectivity index (χ3n) is 4.14. The molecule has 112 valence electrons. The molecule has 0 spiro atoms. The van der Waals surface area contributed by atoms with Gasteiger partial charge in [-0.2, -0.15) is 0 Å². The van der Waals surface area contributed by atoms with Crippen LogP contribution in [0.1, 0.15) is 25.8 Å². The van der Waals surface area contributed by atoms with E-state index < -0.39 is 0 Å². The number of methoxy groups -OCH3 is 1. The lowest BCUT2D eigenvalue weighted by Crippen LogP contribution is -2.44. The zero-order chi connectivity index (χ0) is 14.5. The van der Waals surface area contributed by atoms with E-state index >= 15 is 0 Å². The van der Waals surface area contributed by atoms with Crippen LogP contribution >= 0.6 is 0 Å². The van der Waals surface area contributed by atoms with Gasteiger partial charge in [0.1, 0.15) is 5.82 Å². The first-order valence-electron chi connectivity index (χ1n) is 7.43. The summed E-state index contributed by atoms with van der Waals surface area (Å²) < 4.78 is 19.8. The highest BCUT2D eigenvalue weighted by Gasteiger charge is 2.28. The van der Waals surface area contributed by atoms with Gasteiger partial charge in [-0.1, -0.05) is 26.0 Å². The monoisotopic (exact) mass is 280 g/mol.